The average Bonchev–Trinajstić information content (AvgIpc) is 2.15. The van der Waals surface area contributed by atoms with Gasteiger partial charge in [-0.3, -0.25) is 0 Å². The second-order valence-electron chi connectivity index (χ2n) is 3.13. The monoisotopic (exact) mass is 214 g/mol. The van der Waals surface area contributed by atoms with Crippen LogP contribution in [0.3, 0.4) is 0 Å². The molecule has 5 heteroatoms. The molecule has 4 nitrogen and oxygen atoms in total. The summed E-state index contributed by atoms with van der Waals surface area (Å²) in [5, 5.41) is 8.04. The topological polar surface area (TPSA) is 72.2 Å². The summed E-state index contributed by atoms with van der Waals surface area (Å²) >= 11 is 0. The van der Waals surface area contributed by atoms with Gasteiger partial charge in [0.05, 0.1) is 4.90 Å². The second-order valence-corrected chi connectivity index (χ2v) is 4.69. The van der Waals surface area contributed by atoms with Gasteiger partial charge in [0, 0.05) is 6.04 Å². The highest BCUT2D eigenvalue weighted by molar-refractivity contribution is 7.89. The summed E-state index contributed by atoms with van der Waals surface area (Å²) < 4.78 is 22.1. The average molecular weight is 214 g/mol. The van der Waals surface area contributed by atoms with E-state index in [-0.39, 0.29) is 10.9 Å². The van der Waals surface area contributed by atoms with Gasteiger partial charge >= 0.3 is 0 Å². The lowest BCUT2D eigenvalue weighted by molar-refractivity contribution is 0.596. The fourth-order valence-electron chi connectivity index (χ4n) is 1.13. The molecule has 0 saturated carbocycles. The third kappa shape index (κ3) is 2.54. The fourth-order valence-corrected chi connectivity index (χ4v) is 1.70. The van der Waals surface area contributed by atoms with Crippen LogP contribution in [0.1, 0.15) is 18.5 Å². The number of hydrogen-bond acceptors (Lipinski definition) is 3. The highest BCUT2D eigenvalue weighted by Gasteiger charge is 2.09. The summed E-state index contributed by atoms with van der Waals surface area (Å²) in [7, 11) is -1.78. The van der Waals surface area contributed by atoms with Gasteiger partial charge in [-0.1, -0.05) is 12.1 Å². The molecule has 0 aliphatic carbocycles. The van der Waals surface area contributed by atoms with E-state index >= 15 is 0 Å². The predicted molar refractivity (Wildman–Crippen MR) is 55.3 cm³/mol. The summed E-state index contributed by atoms with van der Waals surface area (Å²) in [5.41, 5.74) is 0.902. The molecule has 0 saturated heterocycles. The van der Waals surface area contributed by atoms with E-state index in [1.165, 1.54) is 6.07 Å². The van der Waals surface area contributed by atoms with Crippen molar-refractivity contribution >= 4 is 10.0 Å². The quantitative estimate of drug-likeness (QED) is 0.774. The van der Waals surface area contributed by atoms with E-state index in [1.54, 1.807) is 12.1 Å². The van der Waals surface area contributed by atoms with Gasteiger partial charge < -0.3 is 5.32 Å². The lowest BCUT2D eigenvalue weighted by Crippen LogP contribution is -2.15. The van der Waals surface area contributed by atoms with Gasteiger partial charge in [-0.2, -0.15) is 0 Å². The SMILES string of the molecule is CN[C@@H](C)c1cccc(S(N)(=O)=O)c1. The van der Waals surface area contributed by atoms with Crippen LogP contribution in [0.5, 0.6) is 0 Å². The molecule has 14 heavy (non-hydrogen) atoms. The van der Waals surface area contributed by atoms with Crippen molar-refractivity contribution < 1.29 is 8.42 Å². The van der Waals surface area contributed by atoms with Crippen molar-refractivity contribution in [3.63, 3.8) is 0 Å². The van der Waals surface area contributed by atoms with Gasteiger partial charge in [0.2, 0.25) is 10.0 Å². The van der Waals surface area contributed by atoms with Crippen molar-refractivity contribution in [3.8, 4) is 0 Å². The maximum Gasteiger partial charge on any atom is 0.238 e. The van der Waals surface area contributed by atoms with Crippen LogP contribution in [-0.2, 0) is 10.0 Å². The molecule has 0 bridgehead atoms. The highest BCUT2D eigenvalue weighted by atomic mass is 32.2. The summed E-state index contributed by atoms with van der Waals surface area (Å²) in [6, 6.07) is 6.72. The lowest BCUT2D eigenvalue weighted by Gasteiger charge is -2.11. The first kappa shape index (κ1) is 11.2. The van der Waals surface area contributed by atoms with Gasteiger partial charge in [0.15, 0.2) is 0 Å². The Morgan fingerprint density at radius 1 is 1.43 bits per heavy atom. The Balaban J connectivity index is 3.14. The van der Waals surface area contributed by atoms with Gasteiger partial charge in [-0.25, -0.2) is 13.6 Å². The van der Waals surface area contributed by atoms with Crippen molar-refractivity contribution in [1.29, 1.82) is 0 Å². The molecule has 0 unspecified atom stereocenters. The number of nitrogens with two attached hydrogens (primary N) is 1. The van der Waals surface area contributed by atoms with Crippen LogP contribution >= 0.6 is 0 Å². The van der Waals surface area contributed by atoms with E-state index in [0.29, 0.717) is 0 Å². The van der Waals surface area contributed by atoms with Gasteiger partial charge in [0.25, 0.3) is 0 Å². The maximum atomic E-state index is 11.1. The van der Waals surface area contributed by atoms with Crippen molar-refractivity contribution in [2.24, 2.45) is 5.14 Å². The third-order valence-corrected chi connectivity index (χ3v) is 3.03. The van der Waals surface area contributed by atoms with Crippen LogP contribution in [0.4, 0.5) is 0 Å². The molecule has 0 aliphatic heterocycles. The highest BCUT2D eigenvalue weighted by Crippen LogP contribution is 2.15. The summed E-state index contributed by atoms with van der Waals surface area (Å²) in [5.74, 6) is 0. The van der Waals surface area contributed by atoms with Crippen molar-refractivity contribution in [2.75, 3.05) is 7.05 Å². The maximum absolute atomic E-state index is 11.1. The van der Waals surface area contributed by atoms with Gasteiger partial charge in [-0.05, 0) is 31.7 Å². The molecule has 0 radical (unpaired) electrons. The van der Waals surface area contributed by atoms with Crippen LogP contribution in [0, 0.1) is 0 Å². The molecule has 3 N–H and O–H groups in total. The molecule has 0 aliphatic rings. The molecule has 0 heterocycles. The Labute approximate surface area is 84.2 Å². The zero-order valence-electron chi connectivity index (χ0n) is 8.19. The number of hydrogen-bond donors (Lipinski definition) is 2. The van der Waals surface area contributed by atoms with Crippen molar-refractivity contribution in [1.82, 2.24) is 5.32 Å². The first-order valence-electron chi connectivity index (χ1n) is 4.25. The molecule has 1 aromatic carbocycles. The molecule has 0 amide bonds. The van der Waals surface area contributed by atoms with Crippen LogP contribution in [-0.4, -0.2) is 15.5 Å². The summed E-state index contributed by atoms with van der Waals surface area (Å²) in [6.07, 6.45) is 0. The molecular formula is C9H14N2O2S. The minimum absolute atomic E-state index is 0.108. The normalized spacial score (nSPS) is 13.9. The molecular weight excluding hydrogens is 200 g/mol. The van der Waals surface area contributed by atoms with Gasteiger partial charge in [-0.15, -0.1) is 0 Å². The van der Waals surface area contributed by atoms with Crippen molar-refractivity contribution in [2.45, 2.75) is 17.9 Å². The predicted octanol–water partition coefficient (Wildman–Crippen LogP) is 0.614. The van der Waals surface area contributed by atoms with E-state index in [9.17, 15) is 8.42 Å². The Morgan fingerprint density at radius 2 is 2.07 bits per heavy atom. The van der Waals surface area contributed by atoms with Gasteiger partial charge in [0.1, 0.15) is 0 Å². The molecule has 1 rings (SSSR count). The summed E-state index contributed by atoms with van der Waals surface area (Å²) in [6.45, 7) is 1.95. The fraction of sp³-hybridized carbons (Fsp3) is 0.333. The first-order valence-corrected chi connectivity index (χ1v) is 5.80. The molecule has 0 spiro atoms. The molecule has 0 aromatic heterocycles. The molecule has 0 fully saturated rings. The molecule has 1 atom stereocenters. The lowest BCUT2D eigenvalue weighted by atomic mass is 10.1. The number of rotatable bonds is 3. The summed E-state index contributed by atoms with van der Waals surface area (Å²) in [4.78, 5) is 0.150. The number of sulfonamides is 1. The van der Waals surface area contributed by atoms with Crippen LogP contribution in [0.2, 0.25) is 0 Å². The minimum Gasteiger partial charge on any atom is -0.313 e. The van der Waals surface area contributed by atoms with E-state index in [0.717, 1.165) is 5.56 Å². The van der Waals surface area contributed by atoms with Crippen LogP contribution < -0.4 is 10.5 Å². The Morgan fingerprint density at radius 3 is 2.57 bits per heavy atom. The van der Waals surface area contributed by atoms with E-state index < -0.39 is 10.0 Å². The smallest absolute Gasteiger partial charge is 0.238 e. The van der Waals surface area contributed by atoms with E-state index in [1.807, 2.05) is 20.0 Å². The molecule has 78 valence electrons. The number of benzene rings is 1. The minimum atomic E-state index is -3.59. The Kier molecular flexibility index (Phi) is 3.25. The largest absolute Gasteiger partial charge is 0.313 e. The Bertz CT molecular complexity index is 415. The van der Waals surface area contributed by atoms with Crippen LogP contribution in [0.15, 0.2) is 29.2 Å². The Hall–Kier alpha value is -0.910. The zero-order chi connectivity index (χ0) is 10.8. The van der Waals surface area contributed by atoms with Crippen molar-refractivity contribution in [3.05, 3.63) is 29.8 Å². The number of primary sulfonamides is 1. The second kappa shape index (κ2) is 4.08. The third-order valence-electron chi connectivity index (χ3n) is 2.12. The zero-order valence-corrected chi connectivity index (χ0v) is 9.01. The van der Waals surface area contributed by atoms with E-state index in [2.05, 4.69) is 5.32 Å². The van der Waals surface area contributed by atoms with E-state index in [4.69, 9.17) is 5.14 Å². The number of nitrogens with one attached hydrogen (secondary N) is 1. The first-order chi connectivity index (χ1) is 6.45. The van der Waals surface area contributed by atoms with Crippen LogP contribution in [0.25, 0.3) is 0 Å². The standard InChI is InChI=1S/C9H14N2O2S/c1-7(11-2)8-4-3-5-9(6-8)14(10,12)13/h3-7,11H,1-2H3,(H2,10,12,13)/t7-/m0/s1. The molecule has 1 aromatic rings.